The first kappa shape index (κ1) is 21.8. The Balaban J connectivity index is 2.35. The van der Waals surface area contributed by atoms with Gasteiger partial charge in [-0.1, -0.05) is 11.6 Å². The SMILES string of the molecule is Cc1cc(C(N)=O)ncc1C(c1c(F)ccc(F)c1F)S(=O)(=O)c1ccc(Cl)cc1. The van der Waals surface area contributed by atoms with Crippen molar-refractivity contribution in [2.24, 2.45) is 5.73 Å². The molecular formula is C20H14ClF3N2O3S. The van der Waals surface area contributed by atoms with Crippen LogP contribution in [0.5, 0.6) is 0 Å². The number of nitrogens with zero attached hydrogens (tertiary/aromatic N) is 1. The number of nitrogens with two attached hydrogens (primary N) is 1. The molecule has 30 heavy (non-hydrogen) atoms. The van der Waals surface area contributed by atoms with Gasteiger partial charge in [0.2, 0.25) is 0 Å². The predicted molar refractivity (Wildman–Crippen MR) is 104 cm³/mol. The normalized spacial score (nSPS) is 12.6. The zero-order valence-corrected chi connectivity index (χ0v) is 16.9. The molecule has 1 atom stereocenters. The van der Waals surface area contributed by atoms with Crippen LogP contribution in [0.2, 0.25) is 5.02 Å². The van der Waals surface area contributed by atoms with E-state index in [-0.39, 0.29) is 26.7 Å². The number of rotatable bonds is 5. The van der Waals surface area contributed by atoms with E-state index < -0.39 is 44.0 Å². The van der Waals surface area contributed by atoms with Gasteiger partial charge in [-0.3, -0.25) is 9.78 Å². The van der Waals surface area contributed by atoms with Crippen molar-refractivity contribution >= 4 is 27.3 Å². The number of carbonyl (C=O) groups is 1. The van der Waals surface area contributed by atoms with Crippen molar-refractivity contribution in [1.29, 1.82) is 0 Å². The molecule has 0 aliphatic heterocycles. The number of halogens is 4. The Morgan fingerprint density at radius 2 is 1.67 bits per heavy atom. The van der Waals surface area contributed by atoms with Gasteiger partial charge in [-0.2, -0.15) is 0 Å². The number of carbonyl (C=O) groups excluding carboxylic acids is 1. The summed E-state index contributed by atoms with van der Waals surface area (Å²) in [6.45, 7) is 1.42. The Labute approximate surface area is 175 Å². The van der Waals surface area contributed by atoms with Crippen LogP contribution in [0.3, 0.4) is 0 Å². The van der Waals surface area contributed by atoms with Crippen LogP contribution >= 0.6 is 11.6 Å². The number of sulfone groups is 1. The van der Waals surface area contributed by atoms with Gasteiger partial charge in [0.25, 0.3) is 5.91 Å². The van der Waals surface area contributed by atoms with E-state index in [2.05, 4.69) is 4.98 Å². The van der Waals surface area contributed by atoms with Gasteiger partial charge in [0.05, 0.1) is 4.90 Å². The predicted octanol–water partition coefficient (Wildman–Crippen LogP) is 4.12. The number of hydrogen-bond acceptors (Lipinski definition) is 4. The van der Waals surface area contributed by atoms with E-state index in [1.807, 2.05) is 0 Å². The molecule has 0 spiro atoms. The van der Waals surface area contributed by atoms with Crippen LogP contribution in [0.25, 0.3) is 0 Å². The molecule has 3 rings (SSSR count). The summed E-state index contributed by atoms with van der Waals surface area (Å²) in [4.78, 5) is 14.9. The van der Waals surface area contributed by atoms with E-state index in [0.717, 1.165) is 6.20 Å². The van der Waals surface area contributed by atoms with E-state index in [0.29, 0.717) is 12.1 Å². The third kappa shape index (κ3) is 3.90. The maximum absolute atomic E-state index is 14.7. The van der Waals surface area contributed by atoms with Crippen molar-refractivity contribution in [3.05, 3.63) is 93.5 Å². The molecule has 0 aliphatic rings. The number of benzene rings is 2. The van der Waals surface area contributed by atoms with Crippen molar-refractivity contribution in [2.75, 3.05) is 0 Å². The zero-order valence-electron chi connectivity index (χ0n) is 15.4. The van der Waals surface area contributed by atoms with Gasteiger partial charge in [0.1, 0.15) is 16.8 Å². The highest BCUT2D eigenvalue weighted by Crippen LogP contribution is 2.39. The number of primary amides is 1. The number of hydrogen-bond donors (Lipinski definition) is 1. The van der Waals surface area contributed by atoms with Crippen molar-refractivity contribution in [3.63, 3.8) is 0 Å². The average Bonchev–Trinajstić information content (AvgIpc) is 2.69. The highest BCUT2D eigenvalue weighted by molar-refractivity contribution is 7.92. The molecule has 1 aromatic heterocycles. The summed E-state index contributed by atoms with van der Waals surface area (Å²) in [6, 6.07) is 7.31. The molecule has 156 valence electrons. The lowest BCUT2D eigenvalue weighted by molar-refractivity contribution is 0.0995. The molecule has 5 nitrogen and oxygen atoms in total. The lowest BCUT2D eigenvalue weighted by Crippen LogP contribution is -2.21. The third-order valence-corrected chi connectivity index (χ3v) is 6.77. The van der Waals surface area contributed by atoms with Gasteiger partial charge in [-0.05, 0) is 60.5 Å². The highest BCUT2D eigenvalue weighted by atomic mass is 35.5. The van der Waals surface area contributed by atoms with Crippen molar-refractivity contribution in [1.82, 2.24) is 4.98 Å². The van der Waals surface area contributed by atoms with Gasteiger partial charge in [-0.15, -0.1) is 0 Å². The van der Waals surface area contributed by atoms with Crippen molar-refractivity contribution in [2.45, 2.75) is 17.1 Å². The molecule has 1 unspecified atom stereocenters. The van der Waals surface area contributed by atoms with E-state index in [4.69, 9.17) is 17.3 Å². The fourth-order valence-electron chi connectivity index (χ4n) is 3.00. The minimum atomic E-state index is -4.50. The zero-order chi connectivity index (χ0) is 22.2. The Morgan fingerprint density at radius 1 is 1.07 bits per heavy atom. The smallest absolute Gasteiger partial charge is 0.267 e. The summed E-state index contributed by atoms with van der Waals surface area (Å²) < 4.78 is 70.0. The molecule has 2 aromatic carbocycles. The largest absolute Gasteiger partial charge is 0.364 e. The number of pyridine rings is 1. The first-order chi connectivity index (χ1) is 14.0. The minimum absolute atomic E-state index is 0.140. The second-order valence-electron chi connectivity index (χ2n) is 6.43. The summed E-state index contributed by atoms with van der Waals surface area (Å²) in [6.07, 6.45) is 0.983. The molecule has 2 N–H and O–H groups in total. The Hall–Kier alpha value is -2.91. The number of aryl methyl sites for hydroxylation is 1. The van der Waals surface area contributed by atoms with Crippen LogP contribution in [0.4, 0.5) is 13.2 Å². The van der Waals surface area contributed by atoms with Gasteiger partial charge in [0, 0.05) is 16.8 Å². The van der Waals surface area contributed by atoms with Gasteiger partial charge < -0.3 is 5.73 Å². The Kier molecular flexibility index (Phi) is 5.87. The Bertz CT molecular complexity index is 1250. The van der Waals surface area contributed by atoms with E-state index >= 15 is 0 Å². The van der Waals surface area contributed by atoms with Crippen LogP contribution in [0, 0.1) is 24.4 Å². The topological polar surface area (TPSA) is 90.1 Å². The summed E-state index contributed by atoms with van der Waals surface area (Å²) in [7, 11) is -4.50. The average molecular weight is 455 g/mol. The van der Waals surface area contributed by atoms with Gasteiger partial charge in [0.15, 0.2) is 21.5 Å². The maximum atomic E-state index is 14.7. The fourth-order valence-corrected chi connectivity index (χ4v) is 5.02. The molecule has 0 radical (unpaired) electrons. The summed E-state index contributed by atoms with van der Waals surface area (Å²) in [5, 5.41) is -1.74. The molecule has 10 heteroatoms. The van der Waals surface area contributed by atoms with E-state index in [1.54, 1.807) is 0 Å². The highest BCUT2D eigenvalue weighted by Gasteiger charge is 2.37. The molecule has 0 aliphatic carbocycles. The second kappa shape index (κ2) is 8.08. The van der Waals surface area contributed by atoms with Crippen molar-refractivity contribution in [3.8, 4) is 0 Å². The van der Waals surface area contributed by atoms with Crippen molar-refractivity contribution < 1.29 is 26.4 Å². The summed E-state index contributed by atoms with van der Waals surface area (Å²) >= 11 is 5.80. The molecule has 0 fully saturated rings. The quantitative estimate of drug-likeness (QED) is 0.587. The van der Waals surface area contributed by atoms with E-state index in [9.17, 15) is 26.4 Å². The molecule has 0 saturated carbocycles. The molecule has 0 saturated heterocycles. The van der Waals surface area contributed by atoms with Crippen LogP contribution < -0.4 is 5.73 Å². The molecular weight excluding hydrogens is 441 g/mol. The molecule has 1 amide bonds. The lowest BCUT2D eigenvalue weighted by atomic mass is 10.00. The maximum Gasteiger partial charge on any atom is 0.267 e. The monoisotopic (exact) mass is 454 g/mol. The molecule has 0 bridgehead atoms. The third-order valence-electron chi connectivity index (χ3n) is 4.48. The molecule has 3 aromatic rings. The first-order valence-electron chi connectivity index (χ1n) is 8.43. The van der Waals surface area contributed by atoms with Crippen LogP contribution in [0.15, 0.2) is 53.6 Å². The van der Waals surface area contributed by atoms with Crippen LogP contribution in [0.1, 0.15) is 32.4 Å². The van der Waals surface area contributed by atoms with Crippen LogP contribution in [-0.4, -0.2) is 19.3 Å². The van der Waals surface area contributed by atoms with E-state index in [1.165, 1.54) is 37.3 Å². The molecule has 1 heterocycles. The van der Waals surface area contributed by atoms with Crippen LogP contribution in [-0.2, 0) is 9.84 Å². The number of aromatic nitrogens is 1. The minimum Gasteiger partial charge on any atom is -0.364 e. The standard InChI is InChI=1S/C20H14ClF3N2O3S/c1-10-8-16(20(25)27)26-9-13(10)19(17-14(22)6-7-15(23)18(17)24)30(28,29)12-4-2-11(21)3-5-12/h2-9,19H,1H3,(H2,25,27). The number of amides is 1. The van der Waals surface area contributed by atoms with Gasteiger partial charge >= 0.3 is 0 Å². The Morgan fingerprint density at radius 3 is 2.23 bits per heavy atom. The van der Waals surface area contributed by atoms with Gasteiger partial charge in [-0.25, -0.2) is 21.6 Å². The summed E-state index contributed by atoms with van der Waals surface area (Å²) in [5.41, 5.74) is 4.04. The summed E-state index contributed by atoms with van der Waals surface area (Å²) in [5.74, 6) is -5.18. The first-order valence-corrected chi connectivity index (χ1v) is 10.4. The second-order valence-corrected chi connectivity index (χ2v) is 8.90. The fraction of sp³-hybridized carbons (Fsp3) is 0.100. The lowest BCUT2D eigenvalue weighted by Gasteiger charge is -2.22.